The third-order valence-corrected chi connectivity index (χ3v) is 5.26. The average Bonchev–Trinajstić information content (AvgIpc) is 2.89. The molecule has 1 aliphatic rings. The first-order valence-corrected chi connectivity index (χ1v) is 8.57. The molecular formula is C19H18N2OS. The molecule has 0 saturated heterocycles. The van der Waals surface area contributed by atoms with Crippen LogP contribution in [0.3, 0.4) is 0 Å². The van der Waals surface area contributed by atoms with Gasteiger partial charge in [0.05, 0.1) is 5.56 Å². The van der Waals surface area contributed by atoms with Gasteiger partial charge in [0.25, 0.3) is 0 Å². The Morgan fingerprint density at radius 1 is 1.39 bits per heavy atom. The molecule has 0 radical (unpaired) electrons. The normalized spacial score (nSPS) is 16.8. The van der Waals surface area contributed by atoms with Gasteiger partial charge in [-0.2, -0.15) is 5.26 Å². The molecule has 23 heavy (non-hydrogen) atoms. The van der Waals surface area contributed by atoms with E-state index in [1.54, 1.807) is 17.4 Å². The highest BCUT2D eigenvalue weighted by Gasteiger charge is 2.24. The molecule has 0 aliphatic heterocycles. The van der Waals surface area contributed by atoms with E-state index in [-0.39, 0.29) is 5.91 Å². The van der Waals surface area contributed by atoms with Gasteiger partial charge in [0, 0.05) is 11.0 Å². The van der Waals surface area contributed by atoms with Gasteiger partial charge >= 0.3 is 0 Å². The molecule has 1 aromatic heterocycles. The summed E-state index contributed by atoms with van der Waals surface area (Å²) in [7, 11) is 0. The average molecular weight is 322 g/mol. The zero-order valence-electron chi connectivity index (χ0n) is 13.0. The monoisotopic (exact) mass is 322 g/mol. The summed E-state index contributed by atoms with van der Waals surface area (Å²) in [6, 6.07) is 11.9. The molecule has 0 bridgehead atoms. The number of fused-ring (bicyclic) bond motifs is 1. The first-order chi connectivity index (χ1) is 11.2. The molecule has 1 aliphatic carbocycles. The van der Waals surface area contributed by atoms with E-state index in [2.05, 4.69) is 18.3 Å². The second-order valence-electron chi connectivity index (χ2n) is 5.90. The zero-order valence-corrected chi connectivity index (χ0v) is 13.8. The minimum Gasteiger partial charge on any atom is -0.313 e. The summed E-state index contributed by atoms with van der Waals surface area (Å²) in [6.07, 6.45) is 6.34. The molecule has 0 fully saturated rings. The van der Waals surface area contributed by atoms with Crippen LogP contribution in [0.1, 0.15) is 34.9 Å². The van der Waals surface area contributed by atoms with Gasteiger partial charge in [0.15, 0.2) is 0 Å². The van der Waals surface area contributed by atoms with Crippen molar-refractivity contribution in [2.24, 2.45) is 5.92 Å². The second kappa shape index (κ2) is 6.80. The number of carbonyl (C=O) groups excluding carboxylic acids is 1. The first kappa shape index (κ1) is 15.5. The number of carbonyl (C=O) groups is 1. The van der Waals surface area contributed by atoms with E-state index in [0.29, 0.717) is 16.5 Å². The maximum absolute atomic E-state index is 12.1. The van der Waals surface area contributed by atoms with Crippen LogP contribution < -0.4 is 5.32 Å². The summed E-state index contributed by atoms with van der Waals surface area (Å²) in [5.41, 5.74) is 2.76. The lowest BCUT2D eigenvalue weighted by atomic mass is 9.89. The molecule has 0 saturated carbocycles. The highest BCUT2D eigenvalue weighted by Crippen LogP contribution is 2.39. The highest BCUT2D eigenvalue weighted by molar-refractivity contribution is 7.16. The number of amides is 1. The summed E-state index contributed by atoms with van der Waals surface area (Å²) in [4.78, 5) is 13.4. The van der Waals surface area contributed by atoms with Crippen LogP contribution in [0.25, 0.3) is 6.08 Å². The summed E-state index contributed by atoms with van der Waals surface area (Å²) >= 11 is 1.55. The van der Waals surface area contributed by atoms with Crippen LogP contribution in [0.4, 0.5) is 5.00 Å². The van der Waals surface area contributed by atoms with E-state index in [9.17, 15) is 10.1 Å². The van der Waals surface area contributed by atoms with Gasteiger partial charge in [-0.15, -0.1) is 11.3 Å². The van der Waals surface area contributed by atoms with Crippen molar-refractivity contribution in [3.8, 4) is 6.07 Å². The molecule has 1 amide bonds. The van der Waals surface area contributed by atoms with Crippen molar-refractivity contribution < 1.29 is 4.79 Å². The third-order valence-electron chi connectivity index (χ3n) is 4.09. The summed E-state index contributed by atoms with van der Waals surface area (Å²) in [5.74, 6) is 0.450. The van der Waals surface area contributed by atoms with Crippen LogP contribution in [0.5, 0.6) is 0 Å². The number of thiophene rings is 1. The maximum atomic E-state index is 12.1. The van der Waals surface area contributed by atoms with Gasteiger partial charge in [0.2, 0.25) is 5.91 Å². The van der Waals surface area contributed by atoms with Crippen LogP contribution in [-0.2, 0) is 17.6 Å². The first-order valence-electron chi connectivity index (χ1n) is 7.76. The Hall–Kier alpha value is -2.38. The summed E-state index contributed by atoms with van der Waals surface area (Å²) < 4.78 is 0. The molecule has 1 aromatic carbocycles. The van der Waals surface area contributed by atoms with Gasteiger partial charge < -0.3 is 5.32 Å². The Morgan fingerprint density at radius 2 is 2.17 bits per heavy atom. The van der Waals surface area contributed by atoms with E-state index in [1.165, 1.54) is 11.0 Å². The Kier molecular flexibility index (Phi) is 4.59. The SMILES string of the molecule is CC1CCc2c(sc(NC(=O)C=Cc3ccccc3)c2C#N)C1. The number of anilines is 1. The van der Waals surface area contributed by atoms with E-state index in [0.717, 1.165) is 30.4 Å². The number of nitrogens with zero attached hydrogens (tertiary/aromatic N) is 1. The van der Waals surface area contributed by atoms with E-state index >= 15 is 0 Å². The van der Waals surface area contributed by atoms with Crippen LogP contribution in [0.2, 0.25) is 0 Å². The number of nitriles is 1. The molecule has 1 atom stereocenters. The number of hydrogen-bond donors (Lipinski definition) is 1. The van der Waals surface area contributed by atoms with Crippen molar-refractivity contribution in [1.29, 1.82) is 5.26 Å². The van der Waals surface area contributed by atoms with Gasteiger partial charge in [-0.1, -0.05) is 37.3 Å². The Balaban J connectivity index is 1.77. The number of benzene rings is 1. The Morgan fingerprint density at radius 3 is 2.91 bits per heavy atom. The molecule has 3 nitrogen and oxygen atoms in total. The van der Waals surface area contributed by atoms with Crippen molar-refractivity contribution in [3.05, 3.63) is 58.0 Å². The second-order valence-corrected chi connectivity index (χ2v) is 7.01. The van der Waals surface area contributed by atoms with Crippen LogP contribution >= 0.6 is 11.3 Å². The Bertz CT molecular complexity index is 784. The molecule has 1 unspecified atom stereocenters. The standard InChI is InChI=1S/C19H18N2OS/c1-13-7-9-15-16(12-20)19(23-17(15)11-13)21-18(22)10-8-14-5-3-2-4-6-14/h2-6,8,10,13H,7,9,11H2,1H3,(H,21,22). The summed E-state index contributed by atoms with van der Waals surface area (Å²) in [5, 5.41) is 13.0. The topological polar surface area (TPSA) is 52.9 Å². The fourth-order valence-electron chi connectivity index (χ4n) is 2.85. The molecule has 0 spiro atoms. The molecule has 4 heteroatoms. The highest BCUT2D eigenvalue weighted by atomic mass is 32.1. The van der Waals surface area contributed by atoms with Gasteiger partial charge in [-0.3, -0.25) is 4.79 Å². The molecular weight excluding hydrogens is 304 g/mol. The fraction of sp³-hybridized carbons (Fsp3) is 0.263. The van der Waals surface area contributed by atoms with Crippen molar-refractivity contribution >= 4 is 28.3 Å². The van der Waals surface area contributed by atoms with E-state index in [4.69, 9.17) is 0 Å². The molecule has 2 aromatic rings. The Labute approximate surface area is 140 Å². The number of nitrogens with one attached hydrogen (secondary N) is 1. The lowest BCUT2D eigenvalue weighted by Gasteiger charge is -2.17. The number of rotatable bonds is 3. The lowest BCUT2D eigenvalue weighted by molar-refractivity contribution is -0.111. The quantitative estimate of drug-likeness (QED) is 0.852. The third kappa shape index (κ3) is 3.52. The van der Waals surface area contributed by atoms with E-state index in [1.807, 2.05) is 30.3 Å². The smallest absolute Gasteiger partial charge is 0.249 e. The van der Waals surface area contributed by atoms with Gasteiger partial charge in [-0.05, 0) is 42.4 Å². The van der Waals surface area contributed by atoms with Gasteiger partial charge in [-0.25, -0.2) is 0 Å². The van der Waals surface area contributed by atoms with Crippen molar-refractivity contribution in [3.63, 3.8) is 0 Å². The molecule has 116 valence electrons. The predicted octanol–water partition coefficient (Wildman–Crippen LogP) is 4.40. The van der Waals surface area contributed by atoms with Crippen LogP contribution in [-0.4, -0.2) is 5.91 Å². The lowest BCUT2D eigenvalue weighted by Crippen LogP contribution is -2.10. The van der Waals surface area contributed by atoms with Crippen LogP contribution in [0.15, 0.2) is 36.4 Å². The van der Waals surface area contributed by atoms with Crippen molar-refractivity contribution in [2.45, 2.75) is 26.2 Å². The van der Waals surface area contributed by atoms with Crippen molar-refractivity contribution in [1.82, 2.24) is 0 Å². The largest absolute Gasteiger partial charge is 0.313 e. The summed E-state index contributed by atoms with van der Waals surface area (Å²) in [6.45, 7) is 2.23. The fourth-order valence-corrected chi connectivity index (χ4v) is 4.21. The predicted molar refractivity (Wildman–Crippen MR) is 94.3 cm³/mol. The minimum absolute atomic E-state index is 0.197. The van der Waals surface area contributed by atoms with Crippen LogP contribution in [0, 0.1) is 17.2 Å². The molecule has 1 N–H and O–H groups in total. The minimum atomic E-state index is -0.197. The molecule has 3 rings (SSSR count). The molecule has 1 heterocycles. The van der Waals surface area contributed by atoms with Crippen molar-refractivity contribution in [2.75, 3.05) is 5.32 Å². The maximum Gasteiger partial charge on any atom is 0.249 e. The van der Waals surface area contributed by atoms with Gasteiger partial charge in [0.1, 0.15) is 11.1 Å². The van der Waals surface area contributed by atoms with E-state index < -0.39 is 0 Å². The zero-order chi connectivity index (χ0) is 16.2. The number of hydrogen-bond acceptors (Lipinski definition) is 3.